The van der Waals surface area contributed by atoms with Crippen LogP contribution in [-0.2, 0) is 11.2 Å². The van der Waals surface area contributed by atoms with Crippen LogP contribution < -0.4 is 15.8 Å². The number of hydrogen-bond acceptors (Lipinski definition) is 4. The fourth-order valence-corrected chi connectivity index (χ4v) is 1.44. The molecule has 6 nitrogen and oxygen atoms in total. The van der Waals surface area contributed by atoms with Gasteiger partial charge in [-0.2, -0.15) is 0 Å². The van der Waals surface area contributed by atoms with Gasteiger partial charge < -0.3 is 20.9 Å². The molecule has 0 aliphatic heterocycles. The summed E-state index contributed by atoms with van der Waals surface area (Å²) in [5, 5.41) is 11.7. The molecule has 0 fully saturated rings. The van der Waals surface area contributed by atoms with Crippen molar-refractivity contribution >= 4 is 12.0 Å². The normalized spacial score (nSPS) is 10.9. The third-order valence-electron chi connectivity index (χ3n) is 2.52. The smallest absolute Gasteiger partial charge is 0.409 e. The summed E-state index contributed by atoms with van der Waals surface area (Å²) in [6, 6.07) is 6.67. The van der Waals surface area contributed by atoms with Crippen LogP contribution in [-0.4, -0.2) is 29.3 Å². The lowest BCUT2D eigenvalue weighted by Gasteiger charge is -2.23. The van der Waals surface area contributed by atoms with E-state index in [2.05, 4.69) is 5.32 Å². The van der Waals surface area contributed by atoms with Crippen molar-refractivity contribution in [3.63, 3.8) is 0 Å². The van der Waals surface area contributed by atoms with E-state index in [0.717, 1.165) is 5.56 Å². The molecule has 0 spiro atoms. The van der Waals surface area contributed by atoms with Gasteiger partial charge in [-0.05, 0) is 38.0 Å². The number of nitrogens with one attached hydrogen (secondary N) is 1. The van der Waals surface area contributed by atoms with Gasteiger partial charge in [-0.15, -0.1) is 0 Å². The van der Waals surface area contributed by atoms with Crippen LogP contribution in [0.3, 0.4) is 0 Å². The van der Waals surface area contributed by atoms with Crippen LogP contribution in [0, 0.1) is 6.42 Å². The van der Waals surface area contributed by atoms with Gasteiger partial charge in [-0.3, -0.25) is 4.79 Å². The predicted molar refractivity (Wildman–Crippen MR) is 74.0 cm³/mol. The summed E-state index contributed by atoms with van der Waals surface area (Å²) >= 11 is 0. The lowest BCUT2D eigenvalue weighted by atomic mass is 10.1. The first-order chi connectivity index (χ1) is 9.32. The molecule has 1 rings (SSSR count). The molecule has 0 saturated heterocycles. The van der Waals surface area contributed by atoms with Crippen molar-refractivity contribution in [2.75, 3.05) is 6.61 Å². The van der Waals surface area contributed by atoms with E-state index in [0.29, 0.717) is 12.2 Å². The molecule has 0 aliphatic rings. The topological polar surface area (TPSA) is 102 Å². The number of ether oxygens (including phenoxy) is 1. The van der Waals surface area contributed by atoms with Gasteiger partial charge in [0.05, 0.1) is 18.6 Å². The number of rotatable bonds is 6. The molecule has 0 aromatic heterocycles. The van der Waals surface area contributed by atoms with Gasteiger partial charge in [0.2, 0.25) is 5.91 Å². The molecule has 109 valence electrons. The van der Waals surface area contributed by atoms with Crippen molar-refractivity contribution < 1.29 is 19.4 Å². The minimum Gasteiger partial charge on any atom is -0.411 e. The van der Waals surface area contributed by atoms with Crippen molar-refractivity contribution in [3.8, 4) is 5.75 Å². The largest absolute Gasteiger partial charge is 0.411 e. The molecule has 0 bridgehead atoms. The number of primary amides is 1. The maximum absolute atomic E-state index is 11.6. The number of amides is 2. The molecule has 20 heavy (non-hydrogen) atoms. The average Bonchev–Trinajstić information content (AvgIpc) is 2.37. The highest BCUT2D eigenvalue weighted by molar-refractivity contribution is 5.85. The van der Waals surface area contributed by atoms with E-state index in [-0.39, 0.29) is 12.5 Å². The maximum atomic E-state index is 11.6. The van der Waals surface area contributed by atoms with Crippen molar-refractivity contribution in [1.29, 1.82) is 0 Å². The Labute approximate surface area is 117 Å². The monoisotopic (exact) mass is 279 g/mol. The van der Waals surface area contributed by atoms with E-state index in [9.17, 15) is 9.59 Å². The number of benzene rings is 1. The first-order valence-electron chi connectivity index (χ1n) is 6.15. The predicted octanol–water partition coefficient (Wildman–Crippen LogP) is 0.778. The molecule has 4 N–H and O–H groups in total. The summed E-state index contributed by atoms with van der Waals surface area (Å²) in [6.45, 7) is 3.33. The lowest BCUT2D eigenvalue weighted by molar-refractivity contribution is -0.119. The summed E-state index contributed by atoms with van der Waals surface area (Å²) in [5.74, 6) is 0.105. The molecular weight excluding hydrogens is 260 g/mol. The van der Waals surface area contributed by atoms with E-state index in [1.807, 2.05) is 0 Å². The number of aliphatic hydroxyl groups excluding tert-OH is 1. The molecule has 1 aromatic rings. The number of aliphatic hydroxyl groups is 1. The van der Waals surface area contributed by atoms with Crippen LogP contribution in [0.15, 0.2) is 24.3 Å². The van der Waals surface area contributed by atoms with Crippen LogP contribution >= 0.6 is 0 Å². The molecule has 6 heteroatoms. The second-order valence-electron chi connectivity index (χ2n) is 5.00. The first kappa shape index (κ1) is 16.0. The number of carbonyl (C=O) groups excluding carboxylic acids is 2. The molecule has 0 aliphatic carbocycles. The molecule has 0 atom stereocenters. The Bertz CT molecular complexity index is 469. The SMILES string of the molecule is CC(C)(CO)NC(=O)[CH]Cc1ccc(OC(N)=O)cc1. The Hall–Kier alpha value is -2.08. The molecular formula is C14H19N2O4. The third-order valence-corrected chi connectivity index (χ3v) is 2.52. The van der Waals surface area contributed by atoms with E-state index < -0.39 is 11.6 Å². The Morgan fingerprint density at radius 1 is 1.35 bits per heavy atom. The average molecular weight is 279 g/mol. The van der Waals surface area contributed by atoms with Gasteiger partial charge in [0, 0.05) is 0 Å². The highest BCUT2D eigenvalue weighted by Gasteiger charge is 2.18. The number of hydrogen-bond donors (Lipinski definition) is 3. The molecule has 0 unspecified atom stereocenters. The van der Waals surface area contributed by atoms with Crippen LogP contribution in [0.2, 0.25) is 0 Å². The van der Waals surface area contributed by atoms with Crippen LogP contribution in [0.25, 0.3) is 0 Å². The molecule has 0 saturated carbocycles. The van der Waals surface area contributed by atoms with Crippen LogP contribution in [0.1, 0.15) is 19.4 Å². The highest BCUT2D eigenvalue weighted by Crippen LogP contribution is 2.13. The molecule has 0 heterocycles. The van der Waals surface area contributed by atoms with Crippen LogP contribution in [0.4, 0.5) is 4.79 Å². The number of carbonyl (C=O) groups is 2. The van der Waals surface area contributed by atoms with Crippen molar-refractivity contribution in [1.82, 2.24) is 5.32 Å². The van der Waals surface area contributed by atoms with E-state index in [1.165, 1.54) is 6.42 Å². The minimum atomic E-state index is -0.866. The van der Waals surface area contributed by atoms with Crippen molar-refractivity contribution in [2.45, 2.75) is 25.8 Å². The number of nitrogens with two attached hydrogens (primary N) is 1. The van der Waals surface area contributed by atoms with Crippen molar-refractivity contribution in [3.05, 3.63) is 36.2 Å². The fraction of sp³-hybridized carbons (Fsp3) is 0.357. The summed E-state index contributed by atoms with van der Waals surface area (Å²) in [5.41, 5.74) is 5.13. The zero-order valence-electron chi connectivity index (χ0n) is 11.6. The first-order valence-corrected chi connectivity index (χ1v) is 6.15. The minimum absolute atomic E-state index is 0.133. The zero-order chi connectivity index (χ0) is 15.2. The Kier molecular flexibility index (Phi) is 5.52. The van der Waals surface area contributed by atoms with E-state index in [1.54, 1.807) is 38.1 Å². The quantitative estimate of drug-likeness (QED) is 0.716. The van der Waals surface area contributed by atoms with Gasteiger partial charge in [0.15, 0.2) is 0 Å². The lowest BCUT2D eigenvalue weighted by Crippen LogP contribution is -2.46. The molecule has 2 amide bonds. The maximum Gasteiger partial charge on any atom is 0.409 e. The van der Waals surface area contributed by atoms with Gasteiger partial charge in [0.25, 0.3) is 0 Å². The summed E-state index contributed by atoms with van der Waals surface area (Å²) in [7, 11) is 0. The Morgan fingerprint density at radius 3 is 2.45 bits per heavy atom. The molecule has 1 aromatic carbocycles. The Balaban J connectivity index is 2.46. The third kappa shape index (κ3) is 5.71. The molecule has 1 radical (unpaired) electrons. The highest BCUT2D eigenvalue weighted by atomic mass is 16.5. The van der Waals surface area contributed by atoms with E-state index in [4.69, 9.17) is 15.6 Å². The summed E-state index contributed by atoms with van der Waals surface area (Å²) in [6.07, 6.45) is 1.06. The standard InChI is InChI=1S/C14H19N2O4/c1-14(2,9-17)16-12(18)8-5-10-3-6-11(7-4-10)20-13(15)19/h3-4,6-8,17H,5,9H2,1-2H3,(H2,15,19)(H,16,18). The summed E-state index contributed by atoms with van der Waals surface area (Å²) in [4.78, 5) is 22.2. The fourth-order valence-electron chi connectivity index (χ4n) is 1.44. The van der Waals surface area contributed by atoms with Crippen LogP contribution in [0.5, 0.6) is 5.75 Å². The van der Waals surface area contributed by atoms with Gasteiger partial charge in [0.1, 0.15) is 5.75 Å². The second kappa shape index (κ2) is 6.91. The second-order valence-corrected chi connectivity index (χ2v) is 5.00. The summed E-state index contributed by atoms with van der Waals surface area (Å²) < 4.78 is 4.70. The van der Waals surface area contributed by atoms with E-state index >= 15 is 0 Å². The zero-order valence-corrected chi connectivity index (χ0v) is 11.6. The van der Waals surface area contributed by atoms with Gasteiger partial charge >= 0.3 is 6.09 Å². The van der Waals surface area contributed by atoms with Gasteiger partial charge in [-0.1, -0.05) is 12.1 Å². The Morgan fingerprint density at radius 2 is 1.95 bits per heavy atom. The van der Waals surface area contributed by atoms with Gasteiger partial charge in [-0.25, -0.2) is 4.79 Å². The van der Waals surface area contributed by atoms with Crippen molar-refractivity contribution in [2.24, 2.45) is 5.73 Å².